The van der Waals surface area contributed by atoms with Crippen molar-refractivity contribution >= 4 is 56.8 Å². The molecule has 0 unspecified atom stereocenters. The molecule has 6 aromatic rings. The first-order valence-corrected chi connectivity index (χ1v) is 11.7. The van der Waals surface area contributed by atoms with Crippen LogP contribution in [0.4, 0.5) is 28.8 Å². The molecule has 180 valence electrons. The van der Waals surface area contributed by atoms with Gasteiger partial charge >= 0.3 is 0 Å². The number of benzene rings is 3. The summed E-state index contributed by atoms with van der Waals surface area (Å²) in [5.41, 5.74) is 5.50. The summed E-state index contributed by atoms with van der Waals surface area (Å²) in [4.78, 5) is 29.9. The molecular formula is C28H22N8O. The van der Waals surface area contributed by atoms with E-state index in [-0.39, 0.29) is 5.91 Å². The molecule has 0 aliphatic carbocycles. The lowest BCUT2D eigenvalue weighted by Gasteiger charge is -2.12. The third-order valence-electron chi connectivity index (χ3n) is 5.76. The molecule has 3 heterocycles. The van der Waals surface area contributed by atoms with Gasteiger partial charge in [-0.05, 0) is 60.7 Å². The van der Waals surface area contributed by atoms with Crippen molar-refractivity contribution in [3.05, 3.63) is 97.5 Å². The maximum absolute atomic E-state index is 11.4. The number of aromatic nitrogens is 5. The number of carbonyl (C=O) groups excluding carboxylic acids is 1. The molecule has 0 aliphatic heterocycles. The summed E-state index contributed by atoms with van der Waals surface area (Å²) in [5, 5.41) is 10.5. The molecule has 3 aromatic carbocycles. The largest absolute Gasteiger partial charge is 0.338 e. The monoisotopic (exact) mass is 486 g/mol. The van der Waals surface area contributed by atoms with Gasteiger partial charge in [-0.2, -0.15) is 9.97 Å². The SMILES string of the molecule is CC(=O)Nc1ccc(Nc2nc(Nc3ccc4ncccc4c3)nc3c2ncn3-c2ccccc2)cc1. The number of nitrogens with one attached hydrogen (secondary N) is 3. The van der Waals surface area contributed by atoms with Gasteiger partial charge in [0.25, 0.3) is 0 Å². The fourth-order valence-electron chi connectivity index (χ4n) is 4.08. The highest BCUT2D eigenvalue weighted by molar-refractivity contribution is 5.90. The molecule has 0 fully saturated rings. The Bertz CT molecular complexity index is 1730. The van der Waals surface area contributed by atoms with E-state index in [9.17, 15) is 4.79 Å². The molecule has 3 aromatic heterocycles. The van der Waals surface area contributed by atoms with Crippen LogP contribution < -0.4 is 16.0 Å². The predicted octanol–water partition coefficient (Wildman–Crippen LogP) is 5.81. The molecule has 0 saturated carbocycles. The number of carbonyl (C=O) groups is 1. The number of rotatable bonds is 6. The Morgan fingerprint density at radius 3 is 2.38 bits per heavy atom. The second-order valence-corrected chi connectivity index (χ2v) is 8.44. The van der Waals surface area contributed by atoms with Crippen LogP contribution >= 0.6 is 0 Å². The summed E-state index contributed by atoms with van der Waals surface area (Å²) >= 11 is 0. The van der Waals surface area contributed by atoms with Gasteiger partial charge in [-0.1, -0.05) is 24.3 Å². The first-order chi connectivity index (χ1) is 18.1. The van der Waals surface area contributed by atoms with E-state index in [1.54, 1.807) is 12.5 Å². The van der Waals surface area contributed by atoms with Crippen molar-refractivity contribution in [2.24, 2.45) is 0 Å². The number of hydrogen-bond acceptors (Lipinski definition) is 7. The third kappa shape index (κ3) is 4.65. The van der Waals surface area contributed by atoms with Crippen LogP contribution in [0.2, 0.25) is 0 Å². The van der Waals surface area contributed by atoms with E-state index in [2.05, 4.69) is 25.9 Å². The normalized spacial score (nSPS) is 10.9. The zero-order valence-electron chi connectivity index (χ0n) is 19.9. The lowest BCUT2D eigenvalue weighted by molar-refractivity contribution is -0.114. The summed E-state index contributed by atoms with van der Waals surface area (Å²) in [6.07, 6.45) is 3.52. The molecule has 0 aliphatic rings. The molecule has 0 radical (unpaired) electrons. The first-order valence-electron chi connectivity index (χ1n) is 11.7. The van der Waals surface area contributed by atoms with Gasteiger partial charge in [0, 0.05) is 41.3 Å². The number of pyridine rings is 1. The van der Waals surface area contributed by atoms with E-state index in [0.29, 0.717) is 28.6 Å². The predicted molar refractivity (Wildman–Crippen MR) is 146 cm³/mol. The highest BCUT2D eigenvalue weighted by Crippen LogP contribution is 2.28. The van der Waals surface area contributed by atoms with Crippen LogP contribution in [0.25, 0.3) is 27.8 Å². The minimum atomic E-state index is -0.121. The molecule has 3 N–H and O–H groups in total. The van der Waals surface area contributed by atoms with Crippen LogP contribution in [-0.4, -0.2) is 30.4 Å². The summed E-state index contributed by atoms with van der Waals surface area (Å²) in [5.74, 6) is 0.854. The molecule has 9 heteroatoms. The van der Waals surface area contributed by atoms with Gasteiger partial charge in [0.1, 0.15) is 6.33 Å². The Kier molecular flexibility index (Phi) is 5.62. The highest BCUT2D eigenvalue weighted by Gasteiger charge is 2.15. The van der Waals surface area contributed by atoms with Crippen molar-refractivity contribution in [2.45, 2.75) is 6.92 Å². The zero-order chi connectivity index (χ0) is 25.2. The van der Waals surface area contributed by atoms with Crippen molar-refractivity contribution in [3.63, 3.8) is 0 Å². The molecule has 0 saturated heterocycles. The van der Waals surface area contributed by atoms with Crippen LogP contribution in [0.5, 0.6) is 0 Å². The standard InChI is InChI=1S/C28H22N8O/c1-18(37)31-20-9-11-21(12-10-20)32-26-25-27(36(17-30-25)23-7-3-2-4-8-23)35-28(34-26)33-22-13-14-24-19(16-22)6-5-15-29-24/h2-17H,1H3,(H,31,37)(H2,32,33,34,35). The van der Waals surface area contributed by atoms with E-state index in [4.69, 9.17) is 9.97 Å². The summed E-state index contributed by atoms with van der Waals surface area (Å²) in [6, 6.07) is 27.2. The van der Waals surface area contributed by atoms with Gasteiger partial charge in [0.15, 0.2) is 17.0 Å². The van der Waals surface area contributed by atoms with Crippen LogP contribution in [0.15, 0.2) is 97.5 Å². The Balaban J connectivity index is 1.41. The zero-order valence-corrected chi connectivity index (χ0v) is 19.9. The van der Waals surface area contributed by atoms with E-state index < -0.39 is 0 Å². The number of nitrogens with zero attached hydrogens (tertiary/aromatic N) is 5. The number of fused-ring (bicyclic) bond motifs is 2. The van der Waals surface area contributed by atoms with E-state index in [1.165, 1.54) is 6.92 Å². The van der Waals surface area contributed by atoms with E-state index >= 15 is 0 Å². The maximum atomic E-state index is 11.4. The molecule has 0 atom stereocenters. The summed E-state index contributed by atoms with van der Waals surface area (Å²) in [7, 11) is 0. The van der Waals surface area contributed by atoms with Crippen molar-refractivity contribution in [2.75, 3.05) is 16.0 Å². The minimum absolute atomic E-state index is 0.121. The van der Waals surface area contributed by atoms with Gasteiger partial charge in [-0.15, -0.1) is 0 Å². The molecule has 9 nitrogen and oxygen atoms in total. The topological polar surface area (TPSA) is 110 Å². The second kappa shape index (κ2) is 9.38. The fraction of sp³-hybridized carbons (Fsp3) is 0.0357. The Morgan fingerprint density at radius 2 is 1.57 bits per heavy atom. The molecule has 0 bridgehead atoms. The van der Waals surface area contributed by atoms with Crippen LogP contribution in [0.3, 0.4) is 0 Å². The average Bonchev–Trinajstić information content (AvgIpc) is 3.34. The number of hydrogen-bond donors (Lipinski definition) is 3. The molecule has 0 spiro atoms. The molecule has 6 rings (SSSR count). The van der Waals surface area contributed by atoms with Crippen LogP contribution in [-0.2, 0) is 4.79 Å². The van der Waals surface area contributed by atoms with Crippen molar-refractivity contribution in [1.29, 1.82) is 0 Å². The maximum Gasteiger partial charge on any atom is 0.231 e. The Labute approximate surface area is 212 Å². The van der Waals surface area contributed by atoms with E-state index in [1.807, 2.05) is 89.5 Å². The average molecular weight is 487 g/mol. The van der Waals surface area contributed by atoms with Crippen molar-refractivity contribution < 1.29 is 4.79 Å². The quantitative estimate of drug-likeness (QED) is 0.273. The summed E-state index contributed by atoms with van der Waals surface area (Å²) < 4.78 is 1.93. The van der Waals surface area contributed by atoms with Gasteiger partial charge < -0.3 is 16.0 Å². The Hall–Kier alpha value is -5.31. The van der Waals surface area contributed by atoms with Crippen LogP contribution in [0.1, 0.15) is 6.92 Å². The summed E-state index contributed by atoms with van der Waals surface area (Å²) in [6.45, 7) is 1.48. The number of para-hydroxylation sites is 1. The molecule has 37 heavy (non-hydrogen) atoms. The number of amides is 1. The van der Waals surface area contributed by atoms with Gasteiger partial charge in [-0.3, -0.25) is 14.3 Å². The first kappa shape index (κ1) is 22.2. The number of anilines is 5. The lowest BCUT2D eigenvalue weighted by Crippen LogP contribution is -2.06. The van der Waals surface area contributed by atoms with Crippen molar-refractivity contribution in [1.82, 2.24) is 24.5 Å². The van der Waals surface area contributed by atoms with E-state index in [0.717, 1.165) is 28.0 Å². The van der Waals surface area contributed by atoms with Gasteiger partial charge in [0.05, 0.1) is 5.52 Å². The number of imidazole rings is 1. The molecular weight excluding hydrogens is 464 g/mol. The third-order valence-corrected chi connectivity index (χ3v) is 5.76. The minimum Gasteiger partial charge on any atom is -0.338 e. The second-order valence-electron chi connectivity index (χ2n) is 8.44. The lowest BCUT2D eigenvalue weighted by atomic mass is 10.2. The van der Waals surface area contributed by atoms with Gasteiger partial charge in [-0.25, -0.2) is 4.98 Å². The molecule has 1 amide bonds. The Morgan fingerprint density at radius 1 is 0.784 bits per heavy atom. The van der Waals surface area contributed by atoms with Crippen LogP contribution in [0, 0.1) is 0 Å². The fourth-order valence-corrected chi connectivity index (χ4v) is 4.08. The van der Waals surface area contributed by atoms with Gasteiger partial charge in [0.2, 0.25) is 11.9 Å². The smallest absolute Gasteiger partial charge is 0.231 e. The highest BCUT2D eigenvalue weighted by atomic mass is 16.1. The van der Waals surface area contributed by atoms with Crippen molar-refractivity contribution in [3.8, 4) is 5.69 Å².